The number of anilines is 1. The Balaban J connectivity index is 2.34. The van der Waals surface area contributed by atoms with Crippen LogP contribution in [0.3, 0.4) is 0 Å². The number of halogens is 2. The molecular weight excluding hydrogens is 253 g/mol. The van der Waals surface area contributed by atoms with Crippen molar-refractivity contribution < 1.29 is 9.13 Å². The zero-order chi connectivity index (χ0) is 13.3. The Kier molecular flexibility index (Phi) is 3.43. The molecule has 0 saturated carbocycles. The highest BCUT2D eigenvalue weighted by atomic mass is 35.5. The molecule has 2 nitrogen and oxygen atoms in total. The van der Waals surface area contributed by atoms with Crippen molar-refractivity contribution in [1.82, 2.24) is 0 Å². The lowest BCUT2D eigenvalue weighted by Gasteiger charge is -2.10. The van der Waals surface area contributed by atoms with Gasteiger partial charge in [0.15, 0.2) is 0 Å². The maximum absolute atomic E-state index is 13.2. The second-order valence-corrected chi connectivity index (χ2v) is 4.57. The van der Waals surface area contributed by atoms with E-state index in [9.17, 15) is 4.39 Å². The maximum Gasteiger partial charge on any atom is 0.132 e. The van der Waals surface area contributed by atoms with E-state index in [4.69, 9.17) is 22.1 Å². The predicted octanol–water partition coefficient (Wildman–Crippen LogP) is 4.47. The number of nitrogens with two attached hydrogens (primary N) is 1. The first kappa shape index (κ1) is 12.7. The molecule has 18 heavy (non-hydrogen) atoms. The van der Waals surface area contributed by atoms with Gasteiger partial charge >= 0.3 is 0 Å². The molecular formula is C14H13ClFNO. The Hall–Kier alpha value is -1.74. The SMILES string of the molecule is Cc1cc(Oc2cc(N)cc(F)c2)cc(C)c1Cl. The summed E-state index contributed by atoms with van der Waals surface area (Å²) in [6.07, 6.45) is 0. The average Bonchev–Trinajstić information content (AvgIpc) is 2.24. The number of aryl methyl sites for hydroxylation is 2. The van der Waals surface area contributed by atoms with E-state index in [2.05, 4.69) is 0 Å². The molecule has 2 N–H and O–H groups in total. The highest BCUT2D eigenvalue weighted by Gasteiger charge is 2.06. The number of rotatable bonds is 2. The molecule has 0 saturated heterocycles. The van der Waals surface area contributed by atoms with Crippen LogP contribution in [0.25, 0.3) is 0 Å². The monoisotopic (exact) mass is 265 g/mol. The zero-order valence-corrected chi connectivity index (χ0v) is 10.9. The van der Waals surface area contributed by atoms with E-state index in [1.54, 1.807) is 18.2 Å². The van der Waals surface area contributed by atoms with Gasteiger partial charge in [0.25, 0.3) is 0 Å². The fraction of sp³-hybridized carbons (Fsp3) is 0.143. The predicted molar refractivity (Wildman–Crippen MR) is 71.8 cm³/mol. The molecule has 0 aliphatic heterocycles. The summed E-state index contributed by atoms with van der Waals surface area (Å²) in [5.74, 6) is 0.556. The van der Waals surface area contributed by atoms with Gasteiger partial charge in [0.1, 0.15) is 17.3 Å². The summed E-state index contributed by atoms with van der Waals surface area (Å²) in [5.41, 5.74) is 7.71. The minimum Gasteiger partial charge on any atom is -0.457 e. The molecule has 0 aromatic heterocycles. The highest BCUT2D eigenvalue weighted by molar-refractivity contribution is 6.32. The van der Waals surface area contributed by atoms with E-state index in [0.717, 1.165) is 11.1 Å². The largest absolute Gasteiger partial charge is 0.457 e. The van der Waals surface area contributed by atoms with Crippen LogP contribution < -0.4 is 10.5 Å². The molecule has 0 aliphatic carbocycles. The van der Waals surface area contributed by atoms with Crippen LogP contribution in [0, 0.1) is 19.7 Å². The molecule has 0 amide bonds. The fourth-order valence-electron chi connectivity index (χ4n) is 1.74. The molecule has 2 aromatic carbocycles. The molecule has 0 aliphatic rings. The summed E-state index contributed by atoms with van der Waals surface area (Å²) in [5, 5.41) is 0.709. The van der Waals surface area contributed by atoms with Gasteiger partial charge in [0, 0.05) is 22.8 Å². The first-order chi connectivity index (χ1) is 8.45. The minimum atomic E-state index is -0.424. The molecule has 2 aromatic rings. The molecule has 2 rings (SSSR count). The fourth-order valence-corrected chi connectivity index (χ4v) is 1.85. The Morgan fingerprint density at radius 2 is 1.56 bits per heavy atom. The molecule has 4 heteroatoms. The average molecular weight is 266 g/mol. The van der Waals surface area contributed by atoms with Crippen molar-refractivity contribution >= 4 is 17.3 Å². The zero-order valence-electron chi connectivity index (χ0n) is 10.1. The Labute approximate surface area is 110 Å². The van der Waals surface area contributed by atoms with Gasteiger partial charge in [-0.2, -0.15) is 0 Å². The van der Waals surface area contributed by atoms with E-state index < -0.39 is 5.82 Å². The quantitative estimate of drug-likeness (QED) is 0.813. The van der Waals surface area contributed by atoms with Crippen molar-refractivity contribution in [3.8, 4) is 11.5 Å². The lowest BCUT2D eigenvalue weighted by atomic mass is 10.1. The summed E-state index contributed by atoms with van der Waals surface area (Å²) in [6, 6.07) is 7.70. The van der Waals surface area contributed by atoms with Crippen LogP contribution in [0.4, 0.5) is 10.1 Å². The van der Waals surface area contributed by atoms with Gasteiger partial charge in [-0.05, 0) is 43.2 Å². The first-order valence-electron chi connectivity index (χ1n) is 5.46. The Morgan fingerprint density at radius 3 is 2.11 bits per heavy atom. The van der Waals surface area contributed by atoms with Crippen molar-refractivity contribution in [3.05, 3.63) is 52.3 Å². The van der Waals surface area contributed by atoms with Gasteiger partial charge in [-0.1, -0.05) is 11.6 Å². The van der Waals surface area contributed by atoms with Crippen molar-refractivity contribution in [2.45, 2.75) is 13.8 Å². The molecule has 0 atom stereocenters. The van der Waals surface area contributed by atoms with Crippen molar-refractivity contribution in [3.63, 3.8) is 0 Å². The van der Waals surface area contributed by atoms with Gasteiger partial charge in [0.05, 0.1) is 0 Å². The molecule has 0 bridgehead atoms. The molecule has 94 valence electrons. The highest BCUT2D eigenvalue weighted by Crippen LogP contribution is 2.30. The van der Waals surface area contributed by atoms with Gasteiger partial charge in [0.2, 0.25) is 0 Å². The first-order valence-corrected chi connectivity index (χ1v) is 5.84. The summed E-state index contributed by atoms with van der Waals surface area (Å²) in [7, 11) is 0. The molecule has 0 radical (unpaired) electrons. The van der Waals surface area contributed by atoms with Crippen molar-refractivity contribution in [1.29, 1.82) is 0 Å². The van der Waals surface area contributed by atoms with Crippen LogP contribution in [0.15, 0.2) is 30.3 Å². The van der Waals surface area contributed by atoms with Crippen LogP contribution in [0.5, 0.6) is 11.5 Å². The van der Waals surface area contributed by atoms with Gasteiger partial charge in [-0.15, -0.1) is 0 Å². The Morgan fingerprint density at radius 1 is 1.00 bits per heavy atom. The van der Waals surface area contributed by atoms with Crippen LogP contribution in [0.1, 0.15) is 11.1 Å². The third-order valence-corrected chi connectivity index (χ3v) is 3.14. The second-order valence-electron chi connectivity index (χ2n) is 4.19. The van der Waals surface area contributed by atoms with Crippen LogP contribution >= 0.6 is 11.6 Å². The van der Waals surface area contributed by atoms with Crippen molar-refractivity contribution in [2.75, 3.05) is 5.73 Å². The molecule has 0 fully saturated rings. The van der Waals surface area contributed by atoms with E-state index in [1.807, 2.05) is 13.8 Å². The summed E-state index contributed by atoms with van der Waals surface area (Å²) in [6.45, 7) is 3.78. The standard InChI is InChI=1S/C14H13ClFNO/c1-8-3-12(4-9(2)14(8)15)18-13-6-10(16)5-11(17)7-13/h3-7H,17H2,1-2H3. The number of nitrogen functional groups attached to an aromatic ring is 1. The van der Waals surface area contributed by atoms with Crippen LogP contribution in [0.2, 0.25) is 5.02 Å². The Bertz CT molecular complexity index is 555. The number of hydrogen-bond donors (Lipinski definition) is 1. The topological polar surface area (TPSA) is 35.2 Å². The summed E-state index contributed by atoms with van der Waals surface area (Å²) < 4.78 is 18.8. The lowest BCUT2D eigenvalue weighted by Crippen LogP contribution is -1.91. The van der Waals surface area contributed by atoms with Crippen LogP contribution in [-0.2, 0) is 0 Å². The number of ether oxygens (including phenoxy) is 1. The second kappa shape index (κ2) is 4.86. The van der Waals surface area contributed by atoms with Crippen LogP contribution in [-0.4, -0.2) is 0 Å². The summed E-state index contributed by atoms with van der Waals surface area (Å²) in [4.78, 5) is 0. The normalized spacial score (nSPS) is 10.4. The number of benzene rings is 2. The minimum absolute atomic E-state index is 0.326. The molecule has 0 unspecified atom stereocenters. The number of hydrogen-bond acceptors (Lipinski definition) is 2. The van der Waals surface area contributed by atoms with E-state index >= 15 is 0 Å². The molecule has 0 spiro atoms. The molecule has 0 heterocycles. The van der Waals surface area contributed by atoms with Gasteiger partial charge in [-0.25, -0.2) is 4.39 Å². The van der Waals surface area contributed by atoms with Crippen molar-refractivity contribution in [2.24, 2.45) is 0 Å². The third kappa shape index (κ3) is 2.74. The van der Waals surface area contributed by atoms with E-state index in [0.29, 0.717) is 22.2 Å². The van der Waals surface area contributed by atoms with Gasteiger partial charge in [-0.3, -0.25) is 0 Å². The lowest BCUT2D eigenvalue weighted by molar-refractivity contribution is 0.476. The summed E-state index contributed by atoms with van der Waals surface area (Å²) >= 11 is 6.07. The smallest absolute Gasteiger partial charge is 0.132 e. The van der Waals surface area contributed by atoms with E-state index in [-0.39, 0.29) is 0 Å². The van der Waals surface area contributed by atoms with Gasteiger partial charge < -0.3 is 10.5 Å². The third-order valence-electron chi connectivity index (χ3n) is 2.54. The van der Waals surface area contributed by atoms with E-state index in [1.165, 1.54) is 12.1 Å². The maximum atomic E-state index is 13.2.